The van der Waals surface area contributed by atoms with E-state index < -0.39 is 10.0 Å². The topological polar surface area (TPSA) is 60.9 Å². The molecule has 172 valence electrons. The Morgan fingerprint density at radius 3 is 2.06 bits per heavy atom. The highest BCUT2D eigenvalue weighted by molar-refractivity contribution is 7.92. The maximum atomic E-state index is 13.1. The Labute approximate surface area is 193 Å². The number of hydrogen-bond donors (Lipinski definition) is 0. The molecule has 1 aliphatic heterocycles. The number of nitrogens with zero attached hydrogens (tertiary/aromatic N) is 3. The number of carbonyl (C=O) groups is 1. The molecule has 0 spiro atoms. The molecule has 0 unspecified atom stereocenters. The van der Waals surface area contributed by atoms with Gasteiger partial charge >= 0.3 is 0 Å². The Morgan fingerprint density at radius 2 is 1.48 bits per heavy atom. The molecule has 3 aromatic rings. The average Bonchev–Trinajstić information content (AvgIpc) is 2.83. The number of para-hydroxylation sites is 1. The van der Waals surface area contributed by atoms with Gasteiger partial charge in [0, 0.05) is 37.4 Å². The summed E-state index contributed by atoms with van der Waals surface area (Å²) in [6.07, 6.45) is 1.18. The number of sulfonamides is 1. The lowest BCUT2D eigenvalue weighted by atomic mass is 10.1. The number of benzene rings is 3. The third-order valence-electron chi connectivity index (χ3n) is 5.73. The molecule has 0 radical (unpaired) electrons. The Morgan fingerprint density at radius 1 is 0.879 bits per heavy atom. The molecule has 33 heavy (non-hydrogen) atoms. The van der Waals surface area contributed by atoms with Gasteiger partial charge in [0.2, 0.25) is 10.0 Å². The van der Waals surface area contributed by atoms with Crippen molar-refractivity contribution in [3.8, 4) is 0 Å². The summed E-state index contributed by atoms with van der Waals surface area (Å²) < 4.78 is 39.1. The van der Waals surface area contributed by atoms with E-state index in [1.54, 1.807) is 60.7 Å². The van der Waals surface area contributed by atoms with Gasteiger partial charge in [-0.2, -0.15) is 0 Å². The van der Waals surface area contributed by atoms with E-state index in [0.29, 0.717) is 37.4 Å². The molecular weight excluding hydrogens is 441 g/mol. The lowest BCUT2D eigenvalue weighted by molar-refractivity contribution is 0.0746. The van der Waals surface area contributed by atoms with Crippen molar-refractivity contribution in [2.75, 3.05) is 41.6 Å². The number of rotatable bonds is 6. The molecule has 6 nitrogen and oxygen atoms in total. The molecule has 0 aliphatic carbocycles. The van der Waals surface area contributed by atoms with E-state index >= 15 is 0 Å². The van der Waals surface area contributed by atoms with E-state index in [1.807, 2.05) is 11.0 Å². The van der Waals surface area contributed by atoms with Crippen LogP contribution in [0.15, 0.2) is 78.9 Å². The van der Waals surface area contributed by atoms with Crippen molar-refractivity contribution in [1.82, 2.24) is 4.90 Å². The Kier molecular flexibility index (Phi) is 6.65. The summed E-state index contributed by atoms with van der Waals surface area (Å²) in [5, 5.41) is 0. The van der Waals surface area contributed by atoms with Crippen molar-refractivity contribution in [1.29, 1.82) is 0 Å². The number of hydrogen-bond acceptors (Lipinski definition) is 4. The molecular formula is C25H26FN3O3S. The SMILES string of the molecule is CS(=O)(=O)N(Cc1ccc(C(=O)N2CCN(c3ccc(F)cc3)CC2)cc1)c1ccccc1. The van der Waals surface area contributed by atoms with Crippen LogP contribution in [-0.2, 0) is 16.6 Å². The Bertz CT molecular complexity index is 1190. The zero-order valence-corrected chi connectivity index (χ0v) is 19.2. The predicted octanol–water partition coefficient (Wildman–Crippen LogP) is 3.75. The molecule has 0 N–H and O–H groups in total. The highest BCUT2D eigenvalue weighted by atomic mass is 32.2. The van der Waals surface area contributed by atoms with Gasteiger partial charge < -0.3 is 9.80 Å². The van der Waals surface area contributed by atoms with Gasteiger partial charge in [0.05, 0.1) is 18.5 Å². The van der Waals surface area contributed by atoms with Crippen molar-refractivity contribution in [2.45, 2.75) is 6.54 Å². The average molecular weight is 468 g/mol. The van der Waals surface area contributed by atoms with Gasteiger partial charge in [0.1, 0.15) is 5.82 Å². The standard InChI is InChI=1S/C25H26FN3O3S/c1-33(31,32)29(24-5-3-2-4-6-24)19-20-7-9-21(10-8-20)25(30)28-17-15-27(16-18-28)23-13-11-22(26)12-14-23/h2-14H,15-19H2,1H3. The summed E-state index contributed by atoms with van der Waals surface area (Å²) in [7, 11) is -3.46. The van der Waals surface area contributed by atoms with Gasteiger partial charge in [-0.1, -0.05) is 30.3 Å². The first kappa shape index (κ1) is 22.8. The second kappa shape index (κ2) is 9.62. The van der Waals surface area contributed by atoms with Crippen molar-refractivity contribution >= 4 is 27.3 Å². The van der Waals surface area contributed by atoms with Crippen LogP contribution in [0.1, 0.15) is 15.9 Å². The van der Waals surface area contributed by atoms with Gasteiger partial charge in [0.15, 0.2) is 0 Å². The minimum Gasteiger partial charge on any atom is -0.368 e. The van der Waals surface area contributed by atoms with E-state index in [9.17, 15) is 17.6 Å². The van der Waals surface area contributed by atoms with E-state index in [0.717, 1.165) is 11.3 Å². The summed E-state index contributed by atoms with van der Waals surface area (Å²) >= 11 is 0. The fourth-order valence-corrected chi connectivity index (χ4v) is 4.80. The fraction of sp³-hybridized carbons (Fsp3) is 0.240. The van der Waals surface area contributed by atoms with Crippen LogP contribution >= 0.6 is 0 Å². The lowest BCUT2D eigenvalue weighted by Gasteiger charge is -2.36. The molecule has 1 fully saturated rings. The number of carbonyl (C=O) groups excluding carboxylic acids is 1. The van der Waals surface area contributed by atoms with E-state index in [2.05, 4.69) is 4.90 Å². The quantitative estimate of drug-likeness (QED) is 0.554. The van der Waals surface area contributed by atoms with Crippen LogP contribution in [0.25, 0.3) is 0 Å². The van der Waals surface area contributed by atoms with E-state index in [4.69, 9.17) is 0 Å². The minimum absolute atomic E-state index is 0.0525. The molecule has 4 rings (SSSR count). The fourth-order valence-electron chi connectivity index (χ4n) is 3.92. The summed E-state index contributed by atoms with van der Waals surface area (Å²) in [5.41, 5.74) is 2.91. The van der Waals surface area contributed by atoms with Gasteiger partial charge in [-0.25, -0.2) is 12.8 Å². The first-order chi connectivity index (χ1) is 15.8. The molecule has 0 saturated carbocycles. The number of amides is 1. The van der Waals surface area contributed by atoms with E-state index in [-0.39, 0.29) is 18.3 Å². The number of piperazine rings is 1. The molecule has 1 saturated heterocycles. The van der Waals surface area contributed by atoms with Crippen LogP contribution in [0.2, 0.25) is 0 Å². The van der Waals surface area contributed by atoms with Gasteiger partial charge in [-0.15, -0.1) is 0 Å². The van der Waals surface area contributed by atoms with Crippen molar-refractivity contribution in [3.63, 3.8) is 0 Å². The monoisotopic (exact) mass is 467 g/mol. The van der Waals surface area contributed by atoms with Crippen molar-refractivity contribution in [3.05, 3.63) is 95.8 Å². The predicted molar refractivity (Wildman–Crippen MR) is 128 cm³/mol. The molecule has 8 heteroatoms. The molecule has 0 bridgehead atoms. The third-order valence-corrected chi connectivity index (χ3v) is 6.87. The summed E-state index contributed by atoms with van der Waals surface area (Å²) in [5.74, 6) is -0.317. The van der Waals surface area contributed by atoms with Crippen LogP contribution in [-0.4, -0.2) is 51.7 Å². The Hall–Kier alpha value is -3.39. The third kappa shape index (κ3) is 5.51. The van der Waals surface area contributed by atoms with Crippen molar-refractivity contribution < 1.29 is 17.6 Å². The minimum atomic E-state index is -3.46. The molecule has 1 heterocycles. The smallest absolute Gasteiger partial charge is 0.253 e. The molecule has 3 aromatic carbocycles. The lowest BCUT2D eigenvalue weighted by Crippen LogP contribution is -2.48. The van der Waals surface area contributed by atoms with Gasteiger partial charge in [-0.3, -0.25) is 9.10 Å². The first-order valence-corrected chi connectivity index (χ1v) is 12.6. The zero-order chi connectivity index (χ0) is 23.4. The van der Waals surface area contributed by atoms with Gasteiger partial charge in [-0.05, 0) is 54.1 Å². The van der Waals surface area contributed by atoms with E-state index in [1.165, 1.54) is 22.7 Å². The second-order valence-electron chi connectivity index (χ2n) is 8.06. The summed E-state index contributed by atoms with van der Waals surface area (Å²) in [6.45, 7) is 2.70. The summed E-state index contributed by atoms with van der Waals surface area (Å²) in [6, 6.07) is 22.4. The Balaban J connectivity index is 1.40. The van der Waals surface area contributed by atoms with Crippen LogP contribution in [0, 0.1) is 5.82 Å². The van der Waals surface area contributed by atoms with Crippen LogP contribution < -0.4 is 9.21 Å². The largest absolute Gasteiger partial charge is 0.368 e. The van der Waals surface area contributed by atoms with Crippen LogP contribution in [0.3, 0.4) is 0 Å². The van der Waals surface area contributed by atoms with Crippen LogP contribution in [0.4, 0.5) is 15.8 Å². The number of anilines is 2. The molecule has 0 aromatic heterocycles. The highest BCUT2D eigenvalue weighted by Gasteiger charge is 2.23. The molecule has 1 amide bonds. The maximum absolute atomic E-state index is 13.1. The highest BCUT2D eigenvalue weighted by Crippen LogP contribution is 2.21. The van der Waals surface area contributed by atoms with Crippen LogP contribution in [0.5, 0.6) is 0 Å². The molecule has 1 aliphatic rings. The maximum Gasteiger partial charge on any atom is 0.253 e. The normalized spacial score (nSPS) is 14.2. The van der Waals surface area contributed by atoms with Gasteiger partial charge in [0.25, 0.3) is 5.91 Å². The first-order valence-electron chi connectivity index (χ1n) is 10.7. The molecule has 0 atom stereocenters. The zero-order valence-electron chi connectivity index (χ0n) is 18.4. The second-order valence-corrected chi connectivity index (χ2v) is 9.96. The van der Waals surface area contributed by atoms with Crippen molar-refractivity contribution in [2.24, 2.45) is 0 Å². The summed E-state index contributed by atoms with van der Waals surface area (Å²) in [4.78, 5) is 16.9. The number of halogens is 1.